The second-order valence-electron chi connectivity index (χ2n) is 4.54. The summed E-state index contributed by atoms with van der Waals surface area (Å²) in [5.41, 5.74) is -0.309. The quantitative estimate of drug-likeness (QED) is 0.643. The zero-order chi connectivity index (χ0) is 14.8. The molecule has 1 saturated heterocycles. The summed E-state index contributed by atoms with van der Waals surface area (Å²) in [5, 5.41) is 13.8. The van der Waals surface area contributed by atoms with Crippen molar-refractivity contribution in [3.8, 4) is 0 Å². The van der Waals surface area contributed by atoms with Crippen molar-refractivity contribution in [1.29, 1.82) is 0 Å². The number of hydrogen-bond donors (Lipinski definition) is 2. The molecule has 1 aliphatic heterocycles. The molecular formula is C11H14ClN3O4S. The van der Waals surface area contributed by atoms with Crippen LogP contribution in [0.15, 0.2) is 23.1 Å². The van der Waals surface area contributed by atoms with E-state index in [2.05, 4.69) is 10.0 Å². The van der Waals surface area contributed by atoms with E-state index >= 15 is 0 Å². The SMILES string of the molecule is O=[N+]([O-])c1ccc(Cl)c(S(=O)(=O)NC2CCCNC2)c1. The fraction of sp³-hybridized carbons (Fsp3) is 0.455. The van der Waals surface area contributed by atoms with Gasteiger partial charge in [0.05, 0.1) is 9.95 Å². The van der Waals surface area contributed by atoms with E-state index in [1.807, 2.05) is 0 Å². The zero-order valence-corrected chi connectivity index (χ0v) is 12.1. The minimum Gasteiger partial charge on any atom is -0.315 e. The van der Waals surface area contributed by atoms with Crippen LogP contribution in [0.4, 0.5) is 5.69 Å². The molecule has 1 fully saturated rings. The summed E-state index contributed by atoms with van der Waals surface area (Å²) >= 11 is 5.85. The van der Waals surface area contributed by atoms with E-state index in [0.717, 1.165) is 25.5 Å². The number of nitrogens with zero attached hydrogens (tertiary/aromatic N) is 1. The number of halogens is 1. The van der Waals surface area contributed by atoms with Gasteiger partial charge in [0, 0.05) is 24.7 Å². The maximum atomic E-state index is 12.3. The largest absolute Gasteiger partial charge is 0.315 e. The van der Waals surface area contributed by atoms with E-state index in [4.69, 9.17) is 11.6 Å². The van der Waals surface area contributed by atoms with Crippen LogP contribution in [0.1, 0.15) is 12.8 Å². The number of rotatable bonds is 4. The number of non-ortho nitro benzene ring substituents is 1. The first-order valence-electron chi connectivity index (χ1n) is 6.07. The molecule has 2 rings (SSSR count). The maximum absolute atomic E-state index is 12.3. The van der Waals surface area contributed by atoms with Gasteiger partial charge in [-0.15, -0.1) is 0 Å². The van der Waals surface area contributed by atoms with E-state index in [-0.39, 0.29) is 21.6 Å². The molecule has 0 aromatic heterocycles. The Morgan fingerprint density at radius 2 is 2.20 bits per heavy atom. The normalized spacial score (nSPS) is 19.8. The maximum Gasteiger partial charge on any atom is 0.270 e. The van der Waals surface area contributed by atoms with Crippen molar-refractivity contribution in [1.82, 2.24) is 10.0 Å². The molecule has 0 aliphatic carbocycles. The van der Waals surface area contributed by atoms with Crippen molar-refractivity contribution in [3.63, 3.8) is 0 Å². The molecule has 20 heavy (non-hydrogen) atoms. The van der Waals surface area contributed by atoms with Crippen LogP contribution in [-0.4, -0.2) is 32.5 Å². The minimum absolute atomic E-state index is 0.0353. The van der Waals surface area contributed by atoms with Crippen molar-refractivity contribution in [3.05, 3.63) is 33.3 Å². The summed E-state index contributed by atoms with van der Waals surface area (Å²) in [6.45, 7) is 1.39. The summed E-state index contributed by atoms with van der Waals surface area (Å²) in [6.07, 6.45) is 1.59. The van der Waals surface area contributed by atoms with Gasteiger partial charge < -0.3 is 5.32 Å². The molecule has 0 amide bonds. The number of nitro benzene ring substituents is 1. The van der Waals surface area contributed by atoms with Gasteiger partial charge in [-0.2, -0.15) is 0 Å². The molecule has 0 spiro atoms. The van der Waals surface area contributed by atoms with Crippen LogP contribution in [-0.2, 0) is 10.0 Å². The van der Waals surface area contributed by atoms with Crippen LogP contribution in [0.3, 0.4) is 0 Å². The summed E-state index contributed by atoms with van der Waals surface area (Å²) in [4.78, 5) is 9.80. The first-order chi connectivity index (χ1) is 9.40. The molecule has 7 nitrogen and oxygen atoms in total. The average Bonchev–Trinajstić information content (AvgIpc) is 2.39. The topological polar surface area (TPSA) is 101 Å². The molecule has 1 unspecified atom stereocenters. The number of hydrogen-bond acceptors (Lipinski definition) is 5. The van der Waals surface area contributed by atoms with E-state index in [1.165, 1.54) is 12.1 Å². The van der Waals surface area contributed by atoms with Crippen molar-refractivity contribution >= 4 is 27.3 Å². The van der Waals surface area contributed by atoms with Gasteiger partial charge in [0.15, 0.2) is 0 Å². The number of nitrogens with one attached hydrogen (secondary N) is 2. The predicted molar refractivity (Wildman–Crippen MR) is 74.3 cm³/mol. The van der Waals surface area contributed by atoms with Crippen LogP contribution in [0.2, 0.25) is 5.02 Å². The van der Waals surface area contributed by atoms with Crippen LogP contribution < -0.4 is 10.0 Å². The van der Waals surface area contributed by atoms with Gasteiger partial charge >= 0.3 is 0 Å². The Kier molecular flexibility index (Phi) is 4.59. The van der Waals surface area contributed by atoms with Gasteiger partial charge in [-0.3, -0.25) is 10.1 Å². The second kappa shape index (κ2) is 6.04. The lowest BCUT2D eigenvalue weighted by atomic mass is 10.1. The highest BCUT2D eigenvalue weighted by molar-refractivity contribution is 7.89. The third kappa shape index (κ3) is 3.45. The monoisotopic (exact) mass is 319 g/mol. The van der Waals surface area contributed by atoms with Crippen LogP contribution in [0.25, 0.3) is 0 Å². The van der Waals surface area contributed by atoms with Gasteiger partial charge in [0.25, 0.3) is 5.69 Å². The van der Waals surface area contributed by atoms with Crippen molar-refractivity contribution in [2.75, 3.05) is 13.1 Å². The third-order valence-electron chi connectivity index (χ3n) is 3.03. The molecule has 9 heteroatoms. The van der Waals surface area contributed by atoms with E-state index in [0.29, 0.717) is 6.54 Å². The Morgan fingerprint density at radius 3 is 2.80 bits per heavy atom. The Labute approximate surface area is 121 Å². The zero-order valence-electron chi connectivity index (χ0n) is 10.5. The van der Waals surface area contributed by atoms with Crippen LogP contribution in [0.5, 0.6) is 0 Å². The number of nitro groups is 1. The molecule has 0 saturated carbocycles. The van der Waals surface area contributed by atoms with Crippen molar-refractivity contribution in [2.45, 2.75) is 23.8 Å². The molecular weight excluding hydrogens is 306 g/mol. The molecule has 1 atom stereocenters. The van der Waals surface area contributed by atoms with Gasteiger partial charge in [-0.05, 0) is 25.5 Å². The Morgan fingerprint density at radius 1 is 1.45 bits per heavy atom. The summed E-state index contributed by atoms with van der Waals surface area (Å²) < 4.78 is 27.0. The molecule has 2 N–H and O–H groups in total. The molecule has 1 aromatic carbocycles. The number of benzene rings is 1. The molecule has 1 heterocycles. The predicted octanol–water partition coefficient (Wildman–Crippen LogP) is 1.28. The van der Waals surface area contributed by atoms with Gasteiger partial charge in [-0.25, -0.2) is 13.1 Å². The van der Waals surface area contributed by atoms with E-state index in [1.54, 1.807) is 0 Å². The lowest BCUT2D eigenvalue weighted by Gasteiger charge is -2.23. The number of piperidine rings is 1. The Balaban J connectivity index is 2.28. The Bertz CT molecular complexity index is 614. The fourth-order valence-electron chi connectivity index (χ4n) is 2.05. The van der Waals surface area contributed by atoms with E-state index in [9.17, 15) is 18.5 Å². The lowest BCUT2D eigenvalue weighted by Crippen LogP contribution is -2.45. The average molecular weight is 320 g/mol. The smallest absolute Gasteiger partial charge is 0.270 e. The number of sulfonamides is 1. The summed E-state index contributed by atoms with van der Waals surface area (Å²) in [6, 6.07) is 3.13. The molecule has 0 radical (unpaired) electrons. The first-order valence-corrected chi connectivity index (χ1v) is 7.93. The molecule has 0 bridgehead atoms. The fourth-order valence-corrected chi connectivity index (χ4v) is 3.84. The summed E-state index contributed by atoms with van der Waals surface area (Å²) in [7, 11) is -3.87. The molecule has 110 valence electrons. The van der Waals surface area contributed by atoms with Crippen molar-refractivity contribution < 1.29 is 13.3 Å². The lowest BCUT2D eigenvalue weighted by molar-refractivity contribution is -0.385. The standard InChI is InChI=1S/C11H14ClN3O4S/c12-10-4-3-9(15(16)17)6-11(10)20(18,19)14-8-2-1-5-13-7-8/h3-4,6,8,13-14H,1-2,5,7H2. The summed E-state index contributed by atoms with van der Waals surface area (Å²) in [5.74, 6) is 0. The van der Waals surface area contributed by atoms with Crippen molar-refractivity contribution in [2.24, 2.45) is 0 Å². The molecule has 1 aliphatic rings. The highest BCUT2D eigenvalue weighted by Gasteiger charge is 2.25. The highest BCUT2D eigenvalue weighted by atomic mass is 35.5. The van der Waals surface area contributed by atoms with Crippen LogP contribution in [0, 0.1) is 10.1 Å². The molecule has 1 aromatic rings. The minimum atomic E-state index is -3.87. The Hall–Kier alpha value is -1.22. The third-order valence-corrected chi connectivity index (χ3v) is 5.04. The second-order valence-corrected chi connectivity index (χ2v) is 6.63. The highest BCUT2D eigenvalue weighted by Crippen LogP contribution is 2.26. The van der Waals surface area contributed by atoms with E-state index < -0.39 is 14.9 Å². The van der Waals surface area contributed by atoms with Gasteiger partial charge in [0.1, 0.15) is 4.90 Å². The van der Waals surface area contributed by atoms with Gasteiger partial charge in [0.2, 0.25) is 10.0 Å². The van der Waals surface area contributed by atoms with Gasteiger partial charge in [-0.1, -0.05) is 11.6 Å². The first kappa shape index (κ1) is 15.2. The van der Waals surface area contributed by atoms with Crippen LogP contribution >= 0.6 is 11.6 Å².